The van der Waals surface area contributed by atoms with Crippen LogP contribution in [-0.4, -0.2) is 9.97 Å². The highest BCUT2D eigenvalue weighted by molar-refractivity contribution is 6.20. The highest BCUT2D eigenvalue weighted by atomic mass is 14.9. The molecule has 0 radical (unpaired) electrons. The summed E-state index contributed by atoms with van der Waals surface area (Å²) in [7, 11) is 0. The van der Waals surface area contributed by atoms with E-state index in [4.69, 9.17) is 4.98 Å². The van der Waals surface area contributed by atoms with Gasteiger partial charge in [-0.25, -0.2) is 4.98 Å². The number of fused-ring (bicyclic) bond motifs is 6. The molecule has 1 aliphatic rings. The fraction of sp³-hybridized carbons (Fsp3) is 0.0645. The SMILES string of the molecule is CC1C(c2cc3c4ccccc4ccc3c3ccccc23)=Cc2nc(-c3ccccc3)[nH]c21. The normalized spacial score (nSPS) is 15.3. The molecule has 2 heteroatoms. The van der Waals surface area contributed by atoms with Gasteiger partial charge in [0.15, 0.2) is 0 Å². The maximum absolute atomic E-state index is 4.95. The van der Waals surface area contributed by atoms with E-state index in [1.807, 2.05) is 6.07 Å². The summed E-state index contributed by atoms with van der Waals surface area (Å²) in [5.74, 6) is 1.19. The fourth-order valence-electron chi connectivity index (χ4n) is 5.41. The molecular weight excluding hydrogens is 400 g/mol. The Morgan fingerprint density at radius 1 is 0.667 bits per heavy atom. The van der Waals surface area contributed by atoms with E-state index in [-0.39, 0.29) is 5.92 Å². The molecule has 156 valence electrons. The first-order valence-electron chi connectivity index (χ1n) is 11.5. The molecule has 0 fully saturated rings. The van der Waals surface area contributed by atoms with Crippen molar-refractivity contribution in [1.82, 2.24) is 9.97 Å². The van der Waals surface area contributed by atoms with E-state index in [1.54, 1.807) is 0 Å². The fourth-order valence-corrected chi connectivity index (χ4v) is 5.41. The van der Waals surface area contributed by atoms with Crippen LogP contribution < -0.4 is 0 Å². The molecule has 5 aromatic carbocycles. The predicted molar refractivity (Wildman–Crippen MR) is 139 cm³/mol. The van der Waals surface area contributed by atoms with Crippen molar-refractivity contribution in [3.05, 3.63) is 114 Å². The molecule has 1 aromatic heterocycles. The molecule has 0 aliphatic heterocycles. The molecule has 0 bridgehead atoms. The number of H-pyrrole nitrogens is 1. The van der Waals surface area contributed by atoms with Crippen molar-refractivity contribution in [2.75, 3.05) is 0 Å². The van der Waals surface area contributed by atoms with Crippen LogP contribution in [0, 0.1) is 0 Å². The van der Waals surface area contributed by atoms with Crippen molar-refractivity contribution >= 4 is 44.0 Å². The monoisotopic (exact) mass is 422 g/mol. The summed E-state index contributed by atoms with van der Waals surface area (Å²) in [6, 6.07) is 34.7. The number of rotatable bonds is 2. The minimum absolute atomic E-state index is 0.251. The van der Waals surface area contributed by atoms with Crippen LogP contribution in [-0.2, 0) is 0 Å². The van der Waals surface area contributed by atoms with Crippen LogP contribution >= 0.6 is 0 Å². The molecule has 1 atom stereocenters. The van der Waals surface area contributed by atoms with E-state index in [1.165, 1.54) is 49.1 Å². The van der Waals surface area contributed by atoms with Crippen molar-refractivity contribution in [3.63, 3.8) is 0 Å². The van der Waals surface area contributed by atoms with Gasteiger partial charge < -0.3 is 4.98 Å². The van der Waals surface area contributed by atoms with Gasteiger partial charge >= 0.3 is 0 Å². The third-order valence-electron chi connectivity index (χ3n) is 7.08. The van der Waals surface area contributed by atoms with Gasteiger partial charge in [0, 0.05) is 17.2 Å². The third-order valence-corrected chi connectivity index (χ3v) is 7.08. The molecule has 6 aromatic rings. The lowest BCUT2D eigenvalue weighted by Crippen LogP contribution is -1.96. The van der Waals surface area contributed by atoms with Gasteiger partial charge in [-0.3, -0.25) is 0 Å². The van der Waals surface area contributed by atoms with Crippen molar-refractivity contribution in [2.45, 2.75) is 12.8 Å². The molecule has 7 rings (SSSR count). The Balaban J connectivity index is 1.47. The highest BCUT2D eigenvalue weighted by Gasteiger charge is 2.28. The lowest BCUT2D eigenvalue weighted by atomic mass is 9.87. The smallest absolute Gasteiger partial charge is 0.138 e. The van der Waals surface area contributed by atoms with Gasteiger partial charge in [-0.2, -0.15) is 0 Å². The summed E-state index contributed by atoms with van der Waals surface area (Å²) in [5, 5.41) is 7.80. The number of hydrogen-bond donors (Lipinski definition) is 1. The second kappa shape index (κ2) is 6.91. The molecule has 0 saturated heterocycles. The van der Waals surface area contributed by atoms with E-state index >= 15 is 0 Å². The molecule has 2 nitrogen and oxygen atoms in total. The number of hydrogen-bond acceptors (Lipinski definition) is 1. The van der Waals surface area contributed by atoms with Crippen LogP contribution in [0.2, 0.25) is 0 Å². The lowest BCUT2D eigenvalue weighted by Gasteiger charge is -2.16. The molecule has 0 saturated carbocycles. The van der Waals surface area contributed by atoms with Gasteiger partial charge in [0.2, 0.25) is 0 Å². The van der Waals surface area contributed by atoms with Crippen molar-refractivity contribution < 1.29 is 0 Å². The van der Waals surface area contributed by atoms with Crippen molar-refractivity contribution in [2.24, 2.45) is 0 Å². The van der Waals surface area contributed by atoms with E-state index in [0.29, 0.717) is 0 Å². The van der Waals surface area contributed by atoms with Crippen LogP contribution in [0.4, 0.5) is 0 Å². The third kappa shape index (κ3) is 2.71. The Hall–Kier alpha value is -4.17. The first-order chi connectivity index (χ1) is 16.3. The Labute approximate surface area is 192 Å². The average Bonchev–Trinajstić information content (AvgIpc) is 3.43. The van der Waals surface area contributed by atoms with Gasteiger partial charge in [-0.1, -0.05) is 97.9 Å². The summed E-state index contributed by atoms with van der Waals surface area (Å²) < 4.78 is 0. The molecule has 33 heavy (non-hydrogen) atoms. The summed E-state index contributed by atoms with van der Waals surface area (Å²) in [6.45, 7) is 2.28. The van der Waals surface area contributed by atoms with E-state index < -0.39 is 0 Å². The van der Waals surface area contributed by atoms with E-state index in [2.05, 4.69) is 109 Å². The van der Waals surface area contributed by atoms with Gasteiger partial charge in [0.1, 0.15) is 5.82 Å². The van der Waals surface area contributed by atoms with Gasteiger partial charge in [-0.05, 0) is 55.6 Å². The second-order valence-corrected chi connectivity index (χ2v) is 8.92. The van der Waals surface area contributed by atoms with E-state index in [0.717, 1.165) is 17.1 Å². The van der Waals surface area contributed by atoms with Gasteiger partial charge in [-0.15, -0.1) is 0 Å². The first-order valence-corrected chi connectivity index (χ1v) is 11.5. The molecule has 1 aliphatic carbocycles. The zero-order valence-electron chi connectivity index (χ0n) is 18.3. The number of aromatic amines is 1. The van der Waals surface area contributed by atoms with E-state index in [9.17, 15) is 0 Å². The standard InChI is InChI=1S/C31H22N2/c1-19-26(18-29-30(19)33-31(32-29)21-10-3-2-4-11-21)28-17-27-22-12-6-5-9-20(22)15-16-25(27)23-13-7-8-14-24(23)28/h2-19H,1H3,(H,32,33). The second-order valence-electron chi connectivity index (χ2n) is 8.92. The van der Waals surface area contributed by atoms with Crippen molar-refractivity contribution in [1.29, 1.82) is 0 Å². The maximum Gasteiger partial charge on any atom is 0.138 e. The zero-order valence-corrected chi connectivity index (χ0v) is 18.3. The van der Waals surface area contributed by atoms with Crippen LogP contribution in [0.3, 0.4) is 0 Å². The summed E-state index contributed by atoms with van der Waals surface area (Å²) in [6.07, 6.45) is 2.28. The predicted octanol–water partition coefficient (Wildman–Crippen LogP) is 8.19. The summed E-state index contributed by atoms with van der Waals surface area (Å²) in [4.78, 5) is 8.56. The quantitative estimate of drug-likeness (QED) is 0.280. The Morgan fingerprint density at radius 2 is 1.36 bits per heavy atom. The lowest BCUT2D eigenvalue weighted by molar-refractivity contribution is 0.960. The van der Waals surface area contributed by atoms with Gasteiger partial charge in [0.25, 0.3) is 0 Å². The maximum atomic E-state index is 4.95. The minimum Gasteiger partial charge on any atom is -0.341 e. The Kier molecular flexibility index (Phi) is 3.86. The number of benzene rings is 5. The summed E-state index contributed by atoms with van der Waals surface area (Å²) in [5.41, 5.74) is 6.00. The van der Waals surface area contributed by atoms with Gasteiger partial charge in [0.05, 0.1) is 5.69 Å². The Morgan fingerprint density at radius 3 is 2.18 bits per heavy atom. The topological polar surface area (TPSA) is 28.7 Å². The zero-order chi connectivity index (χ0) is 21.9. The average molecular weight is 423 g/mol. The number of allylic oxidation sites excluding steroid dienone is 1. The molecule has 1 N–H and O–H groups in total. The minimum atomic E-state index is 0.251. The number of nitrogens with zero attached hydrogens (tertiary/aromatic N) is 1. The first kappa shape index (κ1) is 18.4. The van der Waals surface area contributed by atoms with Crippen LogP contribution in [0.1, 0.15) is 29.8 Å². The molecule has 1 heterocycles. The van der Waals surface area contributed by atoms with Crippen LogP contribution in [0.5, 0.6) is 0 Å². The number of nitrogens with one attached hydrogen (secondary N) is 1. The molecular formula is C31H22N2. The Bertz CT molecular complexity index is 1720. The molecule has 0 spiro atoms. The number of aromatic nitrogens is 2. The van der Waals surface area contributed by atoms with Crippen LogP contribution in [0.25, 0.3) is 55.4 Å². The largest absolute Gasteiger partial charge is 0.341 e. The molecule has 1 unspecified atom stereocenters. The van der Waals surface area contributed by atoms with Crippen molar-refractivity contribution in [3.8, 4) is 11.4 Å². The van der Waals surface area contributed by atoms with Crippen LogP contribution in [0.15, 0.2) is 97.1 Å². The summed E-state index contributed by atoms with van der Waals surface area (Å²) >= 11 is 0. The number of imidazole rings is 1. The molecule has 0 amide bonds. The highest BCUT2D eigenvalue weighted by Crippen LogP contribution is 2.45.